The zero-order chi connectivity index (χ0) is 12.4. The van der Waals surface area contributed by atoms with Gasteiger partial charge in [-0.15, -0.1) is 0 Å². The average Bonchev–Trinajstić information content (AvgIpc) is 3.06. The van der Waals surface area contributed by atoms with E-state index in [-0.39, 0.29) is 0 Å². The first-order valence-electron chi connectivity index (χ1n) is 6.57. The smallest absolute Gasteiger partial charge is 0.0135 e. The lowest BCUT2D eigenvalue weighted by molar-refractivity contribution is 0.207. The fourth-order valence-electron chi connectivity index (χ4n) is 3.00. The molecule has 0 amide bonds. The number of thiophene rings is 2. The van der Waals surface area contributed by atoms with E-state index < -0.39 is 0 Å². The summed E-state index contributed by atoms with van der Waals surface area (Å²) < 4.78 is 0. The predicted octanol–water partition coefficient (Wildman–Crippen LogP) is 4.28. The minimum absolute atomic E-state index is 0.621. The lowest BCUT2D eigenvalue weighted by Gasteiger charge is -2.34. The van der Waals surface area contributed by atoms with Gasteiger partial charge in [-0.1, -0.05) is 0 Å². The number of likely N-dealkylation sites (tertiary alicyclic amines) is 1. The van der Waals surface area contributed by atoms with Gasteiger partial charge in [0.15, 0.2) is 0 Å². The first kappa shape index (κ1) is 12.4. The molecule has 18 heavy (non-hydrogen) atoms. The lowest BCUT2D eigenvalue weighted by atomic mass is 9.78. The highest BCUT2D eigenvalue weighted by Gasteiger charge is 2.28. The Bertz CT molecular complexity index is 418. The predicted molar refractivity (Wildman–Crippen MR) is 80.7 cm³/mol. The summed E-state index contributed by atoms with van der Waals surface area (Å²) in [5, 5.41) is 9.09. The maximum Gasteiger partial charge on any atom is 0.0135 e. The van der Waals surface area contributed by atoms with E-state index in [0.29, 0.717) is 5.92 Å². The highest BCUT2D eigenvalue weighted by atomic mass is 32.1. The van der Waals surface area contributed by atoms with Gasteiger partial charge in [-0.25, -0.2) is 0 Å². The molecule has 96 valence electrons. The van der Waals surface area contributed by atoms with Crippen LogP contribution in [0.2, 0.25) is 0 Å². The number of piperidine rings is 1. The van der Waals surface area contributed by atoms with E-state index >= 15 is 0 Å². The number of hydrogen-bond donors (Lipinski definition) is 0. The Kier molecular flexibility index (Phi) is 3.83. The zero-order valence-electron chi connectivity index (χ0n) is 10.7. The zero-order valence-corrected chi connectivity index (χ0v) is 12.3. The Labute approximate surface area is 117 Å². The van der Waals surface area contributed by atoms with Crippen molar-refractivity contribution in [2.75, 3.05) is 20.1 Å². The summed E-state index contributed by atoms with van der Waals surface area (Å²) in [5.41, 5.74) is 3.04. The van der Waals surface area contributed by atoms with Gasteiger partial charge >= 0.3 is 0 Å². The first-order valence-corrected chi connectivity index (χ1v) is 8.46. The fraction of sp³-hybridized carbons (Fsp3) is 0.467. The highest BCUT2D eigenvalue weighted by molar-refractivity contribution is 7.08. The highest BCUT2D eigenvalue weighted by Crippen LogP contribution is 2.39. The average molecular weight is 277 g/mol. The molecule has 1 nitrogen and oxygen atoms in total. The molecule has 3 heteroatoms. The van der Waals surface area contributed by atoms with Gasteiger partial charge in [-0.2, -0.15) is 22.7 Å². The van der Waals surface area contributed by atoms with Crippen LogP contribution in [-0.4, -0.2) is 25.0 Å². The van der Waals surface area contributed by atoms with Crippen molar-refractivity contribution in [1.29, 1.82) is 0 Å². The molecule has 0 aliphatic carbocycles. The quantitative estimate of drug-likeness (QED) is 0.809. The van der Waals surface area contributed by atoms with Gasteiger partial charge in [0.05, 0.1) is 0 Å². The van der Waals surface area contributed by atoms with E-state index in [1.54, 1.807) is 0 Å². The molecule has 1 fully saturated rings. The van der Waals surface area contributed by atoms with Crippen molar-refractivity contribution in [1.82, 2.24) is 4.90 Å². The van der Waals surface area contributed by atoms with Gasteiger partial charge in [-0.05, 0) is 83.7 Å². The minimum Gasteiger partial charge on any atom is -0.306 e. The van der Waals surface area contributed by atoms with Gasteiger partial charge in [0, 0.05) is 5.92 Å². The Morgan fingerprint density at radius 3 is 2.06 bits per heavy atom. The minimum atomic E-state index is 0.621. The van der Waals surface area contributed by atoms with Crippen LogP contribution >= 0.6 is 22.7 Å². The second kappa shape index (κ2) is 5.55. The Balaban J connectivity index is 1.86. The van der Waals surface area contributed by atoms with E-state index in [1.807, 2.05) is 22.7 Å². The number of rotatable bonds is 3. The lowest BCUT2D eigenvalue weighted by Crippen LogP contribution is -2.32. The van der Waals surface area contributed by atoms with E-state index in [0.717, 1.165) is 5.92 Å². The van der Waals surface area contributed by atoms with Gasteiger partial charge in [-0.3, -0.25) is 0 Å². The van der Waals surface area contributed by atoms with Crippen molar-refractivity contribution in [3.8, 4) is 0 Å². The molecule has 2 aromatic heterocycles. The molecule has 2 aromatic rings. The normalized spacial score (nSPS) is 18.6. The van der Waals surface area contributed by atoms with Crippen LogP contribution in [0, 0.1) is 5.92 Å². The third-order valence-electron chi connectivity index (χ3n) is 4.04. The molecule has 0 bridgehead atoms. The summed E-state index contributed by atoms with van der Waals surface area (Å²) in [4.78, 5) is 2.45. The summed E-state index contributed by atoms with van der Waals surface area (Å²) in [5.74, 6) is 1.43. The molecule has 3 rings (SSSR count). The third-order valence-corrected chi connectivity index (χ3v) is 5.44. The first-order chi connectivity index (χ1) is 8.84. The monoisotopic (exact) mass is 277 g/mol. The molecule has 0 N–H and O–H groups in total. The molecule has 3 heterocycles. The van der Waals surface area contributed by atoms with E-state index in [2.05, 4.69) is 45.6 Å². The van der Waals surface area contributed by atoms with Crippen LogP contribution in [0.3, 0.4) is 0 Å². The van der Waals surface area contributed by atoms with Crippen LogP contribution < -0.4 is 0 Å². The van der Waals surface area contributed by atoms with Crippen molar-refractivity contribution in [3.63, 3.8) is 0 Å². The Morgan fingerprint density at radius 1 is 1.06 bits per heavy atom. The van der Waals surface area contributed by atoms with Gasteiger partial charge in [0.1, 0.15) is 0 Å². The Hall–Kier alpha value is -0.640. The summed E-state index contributed by atoms with van der Waals surface area (Å²) >= 11 is 3.65. The molecule has 0 saturated carbocycles. The third kappa shape index (κ3) is 2.53. The largest absolute Gasteiger partial charge is 0.306 e. The van der Waals surface area contributed by atoms with Gasteiger partial charge in [0.25, 0.3) is 0 Å². The van der Waals surface area contributed by atoms with Crippen LogP contribution in [0.4, 0.5) is 0 Å². The van der Waals surface area contributed by atoms with Crippen LogP contribution in [0.1, 0.15) is 29.9 Å². The van der Waals surface area contributed by atoms with Crippen LogP contribution in [-0.2, 0) is 0 Å². The SMILES string of the molecule is CN1CCC(C(c2ccsc2)c2ccsc2)CC1. The molecule has 1 saturated heterocycles. The molecule has 1 aliphatic rings. The molecule has 0 spiro atoms. The second-order valence-corrected chi connectivity index (χ2v) is 6.79. The van der Waals surface area contributed by atoms with Crippen LogP contribution in [0.15, 0.2) is 33.7 Å². The molecule has 1 aliphatic heterocycles. The van der Waals surface area contributed by atoms with Gasteiger partial charge in [0.2, 0.25) is 0 Å². The Morgan fingerprint density at radius 2 is 1.61 bits per heavy atom. The van der Waals surface area contributed by atoms with Crippen LogP contribution in [0.5, 0.6) is 0 Å². The fourth-order valence-corrected chi connectivity index (χ4v) is 4.40. The molecule has 0 unspecified atom stereocenters. The van der Waals surface area contributed by atoms with Gasteiger partial charge < -0.3 is 4.90 Å². The molecular formula is C15H19NS2. The van der Waals surface area contributed by atoms with Crippen molar-refractivity contribution < 1.29 is 0 Å². The maximum atomic E-state index is 2.45. The summed E-state index contributed by atoms with van der Waals surface area (Å²) in [6.45, 7) is 2.49. The van der Waals surface area contributed by atoms with Crippen molar-refractivity contribution >= 4 is 22.7 Å². The van der Waals surface area contributed by atoms with E-state index in [1.165, 1.54) is 37.1 Å². The number of hydrogen-bond acceptors (Lipinski definition) is 3. The van der Waals surface area contributed by atoms with E-state index in [9.17, 15) is 0 Å². The van der Waals surface area contributed by atoms with Crippen molar-refractivity contribution in [2.45, 2.75) is 18.8 Å². The summed E-state index contributed by atoms with van der Waals surface area (Å²) in [7, 11) is 2.24. The molecule has 0 aromatic carbocycles. The van der Waals surface area contributed by atoms with Crippen molar-refractivity contribution in [2.24, 2.45) is 5.92 Å². The standard InChI is InChI=1S/C15H19NS2/c1-16-6-2-12(3-7-16)15(13-4-8-17-10-13)14-5-9-18-11-14/h4-5,8-12,15H,2-3,6-7H2,1H3. The summed E-state index contributed by atoms with van der Waals surface area (Å²) in [6.07, 6.45) is 2.65. The molecular weight excluding hydrogens is 258 g/mol. The van der Waals surface area contributed by atoms with Crippen LogP contribution in [0.25, 0.3) is 0 Å². The topological polar surface area (TPSA) is 3.24 Å². The number of nitrogens with zero attached hydrogens (tertiary/aromatic N) is 1. The van der Waals surface area contributed by atoms with E-state index in [4.69, 9.17) is 0 Å². The molecule has 0 radical (unpaired) electrons. The molecule has 0 atom stereocenters. The maximum absolute atomic E-state index is 2.45. The van der Waals surface area contributed by atoms with Crippen molar-refractivity contribution in [3.05, 3.63) is 44.8 Å². The second-order valence-electron chi connectivity index (χ2n) is 5.23. The summed E-state index contributed by atoms with van der Waals surface area (Å²) in [6, 6.07) is 4.62.